The molecule has 0 radical (unpaired) electrons. The largest absolute Gasteiger partial charge is 0.341 e. The van der Waals surface area contributed by atoms with Crippen molar-refractivity contribution in [2.75, 3.05) is 4.90 Å². The van der Waals surface area contributed by atoms with Gasteiger partial charge < -0.3 is 9.47 Å². The van der Waals surface area contributed by atoms with E-state index in [-0.39, 0.29) is 0 Å². The van der Waals surface area contributed by atoms with Crippen molar-refractivity contribution < 1.29 is 0 Å². The summed E-state index contributed by atoms with van der Waals surface area (Å²) >= 11 is 0. The molecule has 32 heavy (non-hydrogen) atoms. The van der Waals surface area contributed by atoms with Gasteiger partial charge in [-0.1, -0.05) is 18.2 Å². The summed E-state index contributed by atoms with van der Waals surface area (Å²) in [6.45, 7) is 3.07. The van der Waals surface area contributed by atoms with E-state index in [1.54, 1.807) is 0 Å². The molecule has 1 heterocycles. The molecule has 0 atom stereocenters. The first-order valence-electron chi connectivity index (χ1n) is 10.5. The van der Waals surface area contributed by atoms with Crippen LogP contribution in [0.1, 0.15) is 18.1 Å². The minimum Gasteiger partial charge on any atom is -0.341 e. The van der Waals surface area contributed by atoms with Gasteiger partial charge in [-0.3, -0.25) is 0 Å². The molecule has 0 amide bonds. The van der Waals surface area contributed by atoms with E-state index >= 15 is 0 Å². The Labute approximate surface area is 186 Å². The first kappa shape index (κ1) is 19.4. The number of aromatic nitrogens is 1. The molecule has 0 saturated heterocycles. The molecule has 5 aromatic rings. The fraction of sp³-hybridized carbons (Fsp3) is 0.0714. The van der Waals surface area contributed by atoms with Crippen molar-refractivity contribution >= 4 is 38.9 Å². The van der Waals surface area contributed by atoms with E-state index in [1.165, 1.54) is 21.8 Å². The monoisotopic (exact) mass is 412 g/mol. The van der Waals surface area contributed by atoms with Crippen molar-refractivity contribution in [1.29, 1.82) is 10.5 Å². The minimum absolute atomic E-state index is 0.620. The first-order chi connectivity index (χ1) is 15.7. The Balaban J connectivity index is 1.74. The second-order valence-electron chi connectivity index (χ2n) is 7.62. The molecule has 0 N–H and O–H groups in total. The highest BCUT2D eigenvalue weighted by atomic mass is 15.1. The lowest BCUT2D eigenvalue weighted by Crippen LogP contribution is -2.10. The number of hydrogen-bond acceptors (Lipinski definition) is 3. The Morgan fingerprint density at radius 1 is 0.656 bits per heavy atom. The molecule has 0 fully saturated rings. The van der Waals surface area contributed by atoms with Crippen LogP contribution in [0.3, 0.4) is 0 Å². The van der Waals surface area contributed by atoms with Gasteiger partial charge in [-0.05, 0) is 79.7 Å². The average molecular weight is 412 g/mol. The number of benzene rings is 4. The van der Waals surface area contributed by atoms with Gasteiger partial charge in [0.05, 0.1) is 23.3 Å². The summed E-state index contributed by atoms with van der Waals surface area (Å²) in [5.74, 6) is 0. The van der Waals surface area contributed by atoms with Crippen LogP contribution in [0.5, 0.6) is 0 Å². The Morgan fingerprint density at radius 2 is 1.19 bits per heavy atom. The number of fused-ring (bicyclic) bond motifs is 3. The maximum atomic E-state index is 9.21. The third-order valence-electron chi connectivity index (χ3n) is 5.84. The molecule has 5 rings (SSSR count). The van der Waals surface area contributed by atoms with E-state index < -0.39 is 0 Å². The summed E-state index contributed by atoms with van der Waals surface area (Å²) in [5.41, 5.74) is 6.60. The zero-order chi connectivity index (χ0) is 22.1. The zero-order valence-corrected chi connectivity index (χ0v) is 17.7. The van der Waals surface area contributed by atoms with Crippen LogP contribution in [-0.2, 0) is 6.54 Å². The van der Waals surface area contributed by atoms with Crippen LogP contribution in [0.4, 0.5) is 17.1 Å². The summed E-state index contributed by atoms with van der Waals surface area (Å²) in [7, 11) is 0. The maximum Gasteiger partial charge on any atom is 0.0991 e. The summed E-state index contributed by atoms with van der Waals surface area (Å²) in [4.78, 5) is 2.15. The fourth-order valence-corrected chi connectivity index (χ4v) is 4.34. The quantitative estimate of drug-likeness (QED) is 0.318. The van der Waals surface area contributed by atoms with Crippen LogP contribution in [0.2, 0.25) is 0 Å². The summed E-state index contributed by atoms with van der Waals surface area (Å²) in [5, 5.41) is 20.8. The highest BCUT2D eigenvalue weighted by Gasteiger charge is 2.16. The lowest BCUT2D eigenvalue weighted by Gasteiger charge is -2.25. The molecule has 0 bridgehead atoms. The molecule has 4 heteroatoms. The molecular weight excluding hydrogens is 392 g/mol. The van der Waals surface area contributed by atoms with Crippen LogP contribution in [0, 0.1) is 22.7 Å². The van der Waals surface area contributed by atoms with Gasteiger partial charge >= 0.3 is 0 Å². The van der Waals surface area contributed by atoms with Gasteiger partial charge in [-0.25, -0.2) is 0 Å². The third kappa shape index (κ3) is 3.16. The van der Waals surface area contributed by atoms with Crippen molar-refractivity contribution in [2.45, 2.75) is 13.5 Å². The molecule has 152 valence electrons. The Morgan fingerprint density at radius 3 is 1.75 bits per heavy atom. The molecule has 0 aliphatic heterocycles. The van der Waals surface area contributed by atoms with Gasteiger partial charge in [-0.2, -0.15) is 10.5 Å². The number of nitrogens with zero attached hydrogens (tertiary/aromatic N) is 4. The van der Waals surface area contributed by atoms with Crippen LogP contribution >= 0.6 is 0 Å². The molecular formula is C28H20N4. The van der Waals surface area contributed by atoms with Crippen LogP contribution < -0.4 is 4.90 Å². The smallest absolute Gasteiger partial charge is 0.0991 e. The predicted molar refractivity (Wildman–Crippen MR) is 129 cm³/mol. The van der Waals surface area contributed by atoms with Gasteiger partial charge in [0.15, 0.2) is 0 Å². The Hall–Kier alpha value is -4.54. The lowest BCUT2D eigenvalue weighted by molar-refractivity contribution is 0.827. The topological polar surface area (TPSA) is 55.8 Å². The average Bonchev–Trinajstić information content (AvgIpc) is 3.18. The number of aryl methyl sites for hydroxylation is 1. The lowest BCUT2D eigenvalue weighted by atomic mass is 10.1. The van der Waals surface area contributed by atoms with E-state index in [4.69, 9.17) is 0 Å². The number of rotatable bonds is 4. The van der Waals surface area contributed by atoms with Crippen molar-refractivity contribution in [3.05, 3.63) is 102 Å². The molecule has 0 aliphatic rings. The van der Waals surface area contributed by atoms with Crippen LogP contribution in [-0.4, -0.2) is 4.57 Å². The first-order valence-corrected chi connectivity index (χ1v) is 10.5. The maximum absolute atomic E-state index is 9.21. The fourth-order valence-electron chi connectivity index (χ4n) is 4.34. The highest BCUT2D eigenvalue weighted by Crippen LogP contribution is 2.38. The predicted octanol–water partition coefficient (Wildman–Crippen LogP) is 7.03. The summed E-state index contributed by atoms with van der Waals surface area (Å²) < 4.78 is 2.34. The Kier molecular flexibility index (Phi) is 4.82. The van der Waals surface area contributed by atoms with E-state index in [0.29, 0.717) is 11.1 Å². The molecule has 0 spiro atoms. The van der Waals surface area contributed by atoms with Gasteiger partial charge in [0.2, 0.25) is 0 Å². The van der Waals surface area contributed by atoms with Gasteiger partial charge in [0.25, 0.3) is 0 Å². The summed E-state index contributed by atoms with van der Waals surface area (Å²) in [6, 6.07) is 34.5. The number of para-hydroxylation sites is 1. The second-order valence-corrected chi connectivity index (χ2v) is 7.62. The number of nitriles is 2. The minimum atomic E-state index is 0.620. The molecule has 4 nitrogen and oxygen atoms in total. The molecule has 0 saturated carbocycles. The Bertz CT molecular complexity index is 1450. The van der Waals surface area contributed by atoms with Crippen molar-refractivity contribution in [3.8, 4) is 12.1 Å². The van der Waals surface area contributed by atoms with E-state index in [9.17, 15) is 10.5 Å². The van der Waals surface area contributed by atoms with Crippen molar-refractivity contribution in [2.24, 2.45) is 0 Å². The van der Waals surface area contributed by atoms with E-state index in [0.717, 1.165) is 23.6 Å². The number of hydrogen-bond donors (Lipinski definition) is 0. The third-order valence-corrected chi connectivity index (χ3v) is 5.84. The molecule has 4 aromatic carbocycles. The normalized spacial score (nSPS) is 10.7. The van der Waals surface area contributed by atoms with Crippen molar-refractivity contribution in [3.63, 3.8) is 0 Å². The molecule has 0 unspecified atom stereocenters. The van der Waals surface area contributed by atoms with Crippen LogP contribution in [0.15, 0.2) is 91.0 Å². The highest BCUT2D eigenvalue weighted by molar-refractivity contribution is 6.09. The summed E-state index contributed by atoms with van der Waals surface area (Å²) in [6.07, 6.45) is 0. The molecule has 0 aliphatic carbocycles. The van der Waals surface area contributed by atoms with E-state index in [1.807, 2.05) is 48.5 Å². The van der Waals surface area contributed by atoms with Gasteiger partial charge in [0.1, 0.15) is 0 Å². The van der Waals surface area contributed by atoms with E-state index in [2.05, 4.69) is 71.0 Å². The second kappa shape index (κ2) is 7.95. The van der Waals surface area contributed by atoms with Crippen LogP contribution in [0.25, 0.3) is 21.8 Å². The van der Waals surface area contributed by atoms with Gasteiger partial charge in [0, 0.05) is 45.4 Å². The molecule has 1 aromatic heterocycles. The van der Waals surface area contributed by atoms with Gasteiger partial charge in [-0.15, -0.1) is 0 Å². The zero-order valence-electron chi connectivity index (χ0n) is 17.7. The SMILES string of the molecule is CCn1c2ccccc2c2cc(N(c3ccc(C#N)cc3)c3ccc(C#N)cc3)ccc21. The number of anilines is 3. The van der Waals surface area contributed by atoms with Crippen molar-refractivity contribution in [1.82, 2.24) is 4.57 Å². The standard InChI is InChI=1S/C28H20N4/c1-2-31-27-6-4-3-5-25(27)26-17-24(15-16-28(26)31)32(22-11-7-20(18-29)8-12-22)23-13-9-21(19-30)10-14-23/h3-17H,2H2,1H3.